The third-order valence-electron chi connectivity index (χ3n) is 8.11. The van der Waals surface area contributed by atoms with Crippen molar-refractivity contribution in [2.24, 2.45) is 0 Å². The van der Waals surface area contributed by atoms with Crippen molar-refractivity contribution < 1.29 is 46.3 Å². The molecule has 2 aromatic heterocycles. The second kappa shape index (κ2) is 10.2. The van der Waals surface area contributed by atoms with Gasteiger partial charge in [-0.25, -0.2) is 19.0 Å². The number of hydrogen-bond acceptors (Lipinski definition) is 9. The number of carboxylic acids is 1. The predicted octanol–water partition coefficient (Wildman–Crippen LogP) is 6.92. The van der Waals surface area contributed by atoms with Gasteiger partial charge in [0.15, 0.2) is 16.7 Å². The molecule has 43 heavy (non-hydrogen) atoms. The summed E-state index contributed by atoms with van der Waals surface area (Å²) in [5, 5.41) is 13.8. The normalized spacial score (nSPS) is 21.8. The van der Waals surface area contributed by atoms with Gasteiger partial charge in [0.25, 0.3) is 0 Å². The van der Waals surface area contributed by atoms with Crippen LogP contribution in [0.2, 0.25) is 0 Å². The van der Waals surface area contributed by atoms with E-state index in [4.69, 9.17) is 9.26 Å². The van der Waals surface area contributed by atoms with Crippen LogP contribution in [0.15, 0.2) is 40.9 Å². The maximum Gasteiger partial charge on any atom is 0.573 e. The van der Waals surface area contributed by atoms with E-state index in [2.05, 4.69) is 19.8 Å². The van der Waals surface area contributed by atoms with E-state index in [0.29, 0.717) is 28.4 Å². The van der Waals surface area contributed by atoms with E-state index in [0.717, 1.165) is 37.8 Å². The van der Waals surface area contributed by atoms with Gasteiger partial charge in [-0.15, -0.1) is 13.2 Å². The average Bonchev–Trinajstić information content (AvgIpc) is 3.43. The summed E-state index contributed by atoms with van der Waals surface area (Å²) in [7, 11) is 0. The third kappa shape index (κ3) is 5.17. The van der Waals surface area contributed by atoms with Crippen LogP contribution in [0.1, 0.15) is 70.9 Å². The van der Waals surface area contributed by atoms with Crippen LogP contribution in [-0.4, -0.2) is 51.7 Å². The lowest BCUT2D eigenvalue weighted by molar-refractivity contribution is -0.274. The summed E-state index contributed by atoms with van der Waals surface area (Å²) in [6.07, 6.45) is -1.38. The standard InChI is InChI=1S/C29H23F4N3O6S/c30-19-9-14(26(37)38)10-21-24(19)34-28(43-21)36-15-7-8-16(36)12-17(11-15)40-27(39)22-23(35-42-25(22)13-5-6-13)18-3-1-2-4-20(18)41-29(31,32)33/h1-4,9-10,13,15-17H,5-8,11-12H2,(H,37,38). The first-order valence-corrected chi connectivity index (χ1v) is 14.5. The fourth-order valence-electron chi connectivity index (χ4n) is 6.14. The highest BCUT2D eigenvalue weighted by molar-refractivity contribution is 7.22. The lowest BCUT2D eigenvalue weighted by Gasteiger charge is -2.38. The molecule has 0 spiro atoms. The Kier molecular flexibility index (Phi) is 6.56. The van der Waals surface area contributed by atoms with Gasteiger partial charge in [-0.1, -0.05) is 28.6 Å². The number of esters is 1. The largest absolute Gasteiger partial charge is 0.573 e. The number of alkyl halides is 3. The van der Waals surface area contributed by atoms with E-state index < -0.39 is 36.0 Å². The molecule has 14 heteroatoms. The number of halogens is 4. The maximum absolute atomic E-state index is 14.6. The molecule has 3 aliphatic rings. The first-order chi connectivity index (χ1) is 20.6. The Morgan fingerprint density at radius 2 is 1.79 bits per heavy atom. The molecule has 2 unspecified atom stereocenters. The minimum absolute atomic E-state index is 0.00591. The number of nitrogens with zero attached hydrogens (tertiary/aromatic N) is 3. The first-order valence-electron chi connectivity index (χ1n) is 13.7. The number of hydrogen-bond donors (Lipinski definition) is 1. The summed E-state index contributed by atoms with van der Waals surface area (Å²) in [5.41, 5.74) is -0.136. The number of carbonyl (C=O) groups is 2. The molecule has 4 heterocycles. The van der Waals surface area contributed by atoms with Crippen LogP contribution in [0, 0.1) is 5.82 Å². The Morgan fingerprint density at radius 1 is 1.07 bits per heavy atom. The minimum Gasteiger partial charge on any atom is -0.478 e. The van der Waals surface area contributed by atoms with Gasteiger partial charge in [0.2, 0.25) is 0 Å². The molecule has 2 saturated heterocycles. The van der Waals surface area contributed by atoms with Crippen molar-refractivity contribution in [3.05, 3.63) is 59.1 Å². The molecule has 3 fully saturated rings. The van der Waals surface area contributed by atoms with Crippen LogP contribution in [0.4, 0.5) is 22.7 Å². The first kappa shape index (κ1) is 27.6. The number of rotatable bonds is 7. The Hall–Kier alpha value is -4.20. The van der Waals surface area contributed by atoms with Crippen molar-refractivity contribution >= 4 is 38.6 Å². The molecular weight excluding hydrogens is 594 g/mol. The molecule has 7 rings (SSSR count). The molecule has 0 radical (unpaired) electrons. The summed E-state index contributed by atoms with van der Waals surface area (Å²) in [6, 6.07) is 7.69. The van der Waals surface area contributed by atoms with Gasteiger partial charge in [0.1, 0.15) is 28.6 Å². The van der Waals surface area contributed by atoms with Gasteiger partial charge in [0.05, 0.1) is 10.3 Å². The topological polar surface area (TPSA) is 115 Å². The molecule has 9 nitrogen and oxygen atoms in total. The van der Waals surface area contributed by atoms with Crippen molar-refractivity contribution in [2.75, 3.05) is 4.90 Å². The quantitative estimate of drug-likeness (QED) is 0.174. The van der Waals surface area contributed by atoms with Gasteiger partial charge in [-0.3, -0.25) is 0 Å². The Morgan fingerprint density at radius 3 is 2.47 bits per heavy atom. The van der Waals surface area contributed by atoms with E-state index >= 15 is 0 Å². The van der Waals surface area contributed by atoms with Gasteiger partial charge < -0.3 is 24.0 Å². The number of ether oxygens (including phenoxy) is 2. The molecule has 2 aromatic carbocycles. The van der Waals surface area contributed by atoms with Crippen LogP contribution >= 0.6 is 11.3 Å². The van der Waals surface area contributed by atoms with Crippen LogP contribution in [0.5, 0.6) is 5.75 Å². The van der Waals surface area contributed by atoms with Crippen molar-refractivity contribution in [3.8, 4) is 17.0 Å². The summed E-state index contributed by atoms with van der Waals surface area (Å²) in [6.45, 7) is 0. The van der Waals surface area contributed by atoms with E-state index in [1.807, 2.05) is 0 Å². The van der Waals surface area contributed by atoms with Gasteiger partial charge >= 0.3 is 18.3 Å². The number of anilines is 1. The number of thiazole rings is 1. The highest BCUT2D eigenvalue weighted by Gasteiger charge is 2.45. The molecule has 4 aromatic rings. The Bertz CT molecular complexity index is 1740. The zero-order valence-corrected chi connectivity index (χ0v) is 23.1. The number of fused-ring (bicyclic) bond motifs is 3. The second-order valence-corrected chi connectivity index (χ2v) is 12.0. The van der Waals surface area contributed by atoms with Crippen molar-refractivity contribution in [3.63, 3.8) is 0 Å². The zero-order chi connectivity index (χ0) is 30.0. The van der Waals surface area contributed by atoms with Crippen LogP contribution in [0.25, 0.3) is 21.5 Å². The lowest BCUT2D eigenvalue weighted by atomic mass is 9.99. The number of carboxylic acid groups (broad SMARTS) is 1. The van der Waals surface area contributed by atoms with Crippen LogP contribution in [-0.2, 0) is 4.74 Å². The summed E-state index contributed by atoms with van der Waals surface area (Å²) in [4.78, 5) is 31.6. The number of aromatic nitrogens is 2. The number of para-hydroxylation sites is 1. The number of benzene rings is 2. The van der Waals surface area contributed by atoms with Crippen molar-refractivity contribution in [2.45, 2.75) is 69.0 Å². The molecule has 0 amide bonds. The van der Waals surface area contributed by atoms with E-state index in [1.165, 1.54) is 35.6 Å². The van der Waals surface area contributed by atoms with E-state index in [1.54, 1.807) is 0 Å². The summed E-state index contributed by atoms with van der Waals surface area (Å²) in [5.74, 6) is -2.93. The SMILES string of the molecule is O=C(O)c1cc(F)c2nc(N3C4CCC3CC(OC(=O)c3c(-c5ccccc5OC(F)(F)F)noc3C3CC3)C4)sc2c1. The fourth-order valence-corrected chi connectivity index (χ4v) is 7.30. The fraction of sp³-hybridized carbons (Fsp3) is 0.379. The molecule has 1 aliphatic carbocycles. The van der Waals surface area contributed by atoms with Gasteiger partial charge in [-0.05, 0) is 49.9 Å². The summed E-state index contributed by atoms with van der Waals surface area (Å²) >= 11 is 1.22. The average molecular weight is 618 g/mol. The van der Waals surface area contributed by atoms with Crippen molar-refractivity contribution in [1.82, 2.24) is 10.1 Å². The van der Waals surface area contributed by atoms with E-state index in [-0.39, 0.29) is 45.9 Å². The highest BCUT2D eigenvalue weighted by Crippen LogP contribution is 2.47. The van der Waals surface area contributed by atoms with Crippen LogP contribution < -0.4 is 9.64 Å². The molecule has 1 saturated carbocycles. The smallest absolute Gasteiger partial charge is 0.478 e. The maximum atomic E-state index is 14.6. The molecular formula is C29H23F4N3O6S. The Balaban J connectivity index is 1.13. The number of piperidine rings is 1. The van der Waals surface area contributed by atoms with Crippen LogP contribution in [0.3, 0.4) is 0 Å². The molecule has 2 bridgehead atoms. The lowest BCUT2D eigenvalue weighted by Crippen LogP contribution is -2.46. The van der Waals surface area contributed by atoms with Crippen molar-refractivity contribution in [1.29, 1.82) is 0 Å². The number of carbonyl (C=O) groups excluding carboxylic acids is 1. The molecule has 1 N–H and O–H groups in total. The third-order valence-corrected chi connectivity index (χ3v) is 9.12. The zero-order valence-electron chi connectivity index (χ0n) is 22.3. The molecule has 2 atom stereocenters. The number of aromatic carboxylic acids is 1. The molecule has 224 valence electrons. The predicted molar refractivity (Wildman–Crippen MR) is 145 cm³/mol. The van der Waals surface area contributed by atoms with E-state index in [9.17, 15) is 32.3 Å². The van der Waals surface area contributed by atoms with Gasteiger partial charge in [-0.2, -0.15) is 0 Å². The Labute approximate surface area is 245 Å². The van der Waals surface area contributed by atoms with Gasteiger partial charge in [0, 0.05) is 36.4 Å². The summed E-state index contributed by atoms with van der Waals surface area (Å²) < 4.78 is 70.0. The monoisotopic (exact) mass is 617 g/mol. The minimum atomic E-state index is -4.94. The second-order valence-electron chi connectivity index (χ2n) is 11.0. The highest BCUT2D eigenvalue weighted by atomic mass is 32.1. The molecule has 2 aliphatic heterocycles.